The van der Waals surface area contributed by atoms with Crippen molar-refractivity contribution in [3.8, 4) is 0 Å². The van der Waals surface area contributed by atoms with Gasteiger partial charge in [-0.2, -0.15) is 0 Å². The van der Waals surface area contributed by atoms with Crippen molar-refractivity contribution in [3.63, 3.8) is 0 Å². The molecule has 2 aromatic rings. The minimum atomic E-state index is -1.45. The average molecular weight is 467 g/mol. The van der Waals surface area contributed by atoms with E-state index in [2.05, 4.69) is 20.9 Å². The Bertz CT molecular complexity index is 1000. The lowest BCUT2D eigenvalue weighted by Crippen LogP contribution is -2.33. The highest BCUT2D eigenvalue weighted by atomic mass is 79.9. The minimum absolute atomic E-state index is 0.0624. The van der Waals surface area contributed by atoms with E-state index in [1.807, 2.05) is 0 Å². The summed E-state index contributed by atoms with van der Waals surface area (Å²) < 4.78 is 11.9. The van der Waals surface area contributed by atoms with Gasteiger partial charge in [-0.05, 0) is 16.6 Å². The third kappa shape index (κ3) is 4.91. The minimum Gasteiger partial charge on any atom is -0.461 e. The van der Waals surface area contributed by atoms with E-state index in [0.29, 0.717) is 5.56 Å². The summed E-state index contributed by atoms with van der Waals surface area (Å²) in [5.74, 6) is -0.874. The van der Waals surface area contributed by atoms with Gasteiger partial charge in [-0.1, -0.05) is 46.3 Å². The first-order chi connectivity index (χ1) is 13.9. The van der Waals surface area contributed by atoms with Crippen LogP contribution < -0.4 is 11.2 Å². The Morgan fingerprint density at radius 3 is 2.79 bits per heavy atom. The van der Waals surface area contributed by atoms with Gasteiger partial charge in [-0.25, -0.2) is 9.59 Å². The maximum atomic E-state index is 12.1. The van der Waals surface area contributed by atoms with E-state index in [-0.39, 0.29) is 18.6 Å². The van der Waals surface area contributed by atoms with Crippen LogP contribution in [0.4, 0.5) is 0 Å². The number of carbonyl (C=O) groups excluding carboxylic acids is 1. The fourth-order valence-electron chi connectivity index (χ4n) is 2.95. The summed E-state index contributed by atoms with van der Waals surface area (Å²) in [4.78, 5) is 39.6. The molecular weight excluding hydrogens is 448 g/mol. The van der Waals surface area contributed by atoms with Crippen LogP contribution in [-0.4, -0.2) is 44.5 Å². The summed E-state index contributed by atoms with van der Waals surface area (Å²) in [6, 6.07) is 8.29. The lowest BCUT2D eigenvalue weighted by molar-refractivity contribution is -0.160. The highest BCUT2D eigenvalue weighted by Gasteiger charge is 2.37. The van der Waals surface area contributed by atoms with Gasteiger partial charge < -0.3 is 19.7 Å². The molecule has 10 heteroatoms. The van der Waals surface area contributed by atoms with Crippen LogP contribution in [-0.2, 0) is 14.3 Å². The van der Waals surface area contributed by atoms with E-state index in [0.717, 1.165) is 4.57 Å². The Labute approximate surface area is 173 Å². The highest BCUT2D eigenvalue weighted by molar-refractivity contribution is 9.11. The number of H-pyrrole nitrogens is 1. The molecule has 1 unspecified atom stereocenters. The number of hydrogen-bond acceptors (Lipinski definition) is 7. The molecule has 154 valence electrons. The zero-order valence-corrected chi connectivity index (χ0v) is 16.7. The number of halogens is 1. The van der Waals surface area contributed by atoms with Crippen LogP contribution in [0, 0.1) is 0 Å². The van der Waals surface area contributed by atoms with Crippen LogP contribution >= 0.6 is 15.9 Å². The quantitative estimate of drug-likeness (QED) is 0.537. The van der Waals surface area contributed by atoms with Crippen LogP contribution in [0.3, 0.4) is 0 Å². The van der Waals surface area contributed by atoms with Crippen LogP contribution in [0.5, 0.6) is 0 Å². The van der Waals surface area contributed by atoms with Crippen molar-refractivity contribution in [3.05, 3.63) is 73.5 Å². The number of aliphatic hydroxyl groups is 2. The number of nitrogens with one attached hydrogen (secondary N) is 1. The highest BCUT2D eigenvalue weighted by Crippen LogP contribution is 2.28. The van der Waals surface area contributed by atoms with Crippen molar-refractivity contribution in [2.45, 2.75) is 31.0 Å². The van der Waals surface area contributed by atoms with Crippen LogP contribution in [0.1, 0.15) is 29.9 Å². The van der Waals surface area contributed by atoms with Crippen molar-refractivity contribution < 1.29 is 24.5 Å². The molecule has 0 spiro atoms. The number of carbonyl (C=O) groups is 1. The lowest BCUT2D eigenvalue weighted by Gasteiger charge is -2.17. The molecule has 3 rings (SSSR count). The predicted octanol–water partition coefficient (Wildman–Crippen LogP) is 0.827. The Balaban J connectivity index is 1.66. The van der Waals surface area contributed by atoms with Gasteiger partial charge in [0.05, 0.1) is 11.7 Å². The van der Waals surface area contributed by atoms with Gasteiger partial charge >= 0.3 is 11.7 Å². The normalized spacial score (nSPS) is 22.7. The molecule has 1 saturated heterocycles. The van der Waals surface area contributed by atoms with E-state index in [9.17, 15) is 24.6 Å². The van der Waals surface area contributed by atoms with Crippen molar-refractivity contribution >= 4 is 28.0 Å². The standard InChI is InChI=1S/C19H19BrN2O7/c20-7-6-12-9-22(19(27)21-17(12)25)15-8-13(23)14(29-15)10-28-18(26)16(24)11-4-2-1-3-5-11/h1-7,9,13-16,23-24H,8,10H2,(H,21,25,27)/t13?,14-,15-,16+/m0/s1. The molecule has 2 heterocycles. The number of aromatic nitrogens is 2. The summed E-state index contributed by atoms with van der Waals surface area (Å²) in [7, 11) is 0. The second-order valence-electron chi connectivity index (χ2n) is 6.42. The molecule has 0 aliphatic carbocycles. The summed E-state index contributed by atoms with van der Waals surface area (Å²) in [5.41, 5.74) is -0.632. The van der Waals surface area contributed by atoms with Crippen molar-refractivity contribution in [2.24, 2.45) is 0 Å². The van der Waals surface area contributed by atoms with Crippen LogP contribution in [0.25, 0.3) is 6.08 Å². The number of benzene rings is 1. The maximum absolute atomic E-state index is 12.1. The fraction of sp³-hybridized carbons (Fsp3) is 0.316. The number of hydrogen-bond donors (Lipinski definition) is 3. The molecule has 4 atom stereocenters. The average Bonchev–Trinajstić information content (AvgIpc) is 3.08. The van der Waals surface area contributed by atoms with E-state index < -0.39 is 41.8 Å². The van der Waals surface area contributed by atoms with Crippen molar-refractivity contribution in [1.82, 2.24) is 9.55 Å². The first kappa shape index (κ1) is 21.2. The third-order valence-electron chi connectivity index (χ3n) is 4.48. The van der Waals surface area contributed by atoms with Crippen LogP contribution in [0.15, 0.2) is 51.1 Å². The molecule has 0 radical (unpaired) electrons. The molecule has 29 heavy (non-hydrogen) atoms. The number of aliphatic hydroxyl groups excluding tert-OH is 2. The zero-order chi connectivity index (χ0) is 21.0. The largest absolute Gasteiger partial charge is 0.461 e. The second-order valence-corrected chi connectivity index (χ2v) is 6.95. The molecule has 1 aliphatic rings. The first-order valence-corrected chi connectivity index (χ1v) is 9.67. The number of ether oxygens (including phenoxy) is 2. The van der Waals surface area contributed by atoms with Crippen LogP contribution in [0.2, 0.25) is 0 Å². The number of esters is 1. The molecule has 9 nitrogen and oxygen atoms in total. The Hall–Kier alpha value is -2.53. The summed E-state index contributed by atoms with van der Waals surface area (Å²) in [6.07, 6.45) is -1.34. The molecule has 1 aliphatic heterocycles. The van der Waals surface area contributed by atoms with Crippen molar-refractivity contribution in [1.29, 1.82) is 0 Å². The molecule has 1 aromatic carbocycles. The Morgan fingerprint density at radius 2 is 2.10 bits per heavy atom. The van der Waals surface area contributed by atoms with Gasteiger partial charge in [0.2, 0.25) is 0 Å². The lowest BCUT2D eigenvalue weighted by atomic mass is 10.1. The topological polar surface area (TPSA) is 131 Å². The van der Waals surface area contributed by atoms with E-state index in [1.165, 1.54) is 17.3 Å². The molecule has 0 saturated carbocycles. The first-order valence-electron chi connectivity index (χ1n) is 8.76. The van der Waals surface area contributed by atoms with Crippen molar-refractivity contribution in [2.75, 3.05) is 6.61 Å². The molecule has 1 aromatic heterocycles. The summed E-state index contributed by atoms with van der Waals surface area (Å²) >= 11 is 3.07. The van der Waals surface area contributed by atoms with Gasteiger partial charge in [0.25, 0.3) is 5.56 Å². The van der Waals surface area contributed by atoms with Gasteiger partial charge in [0.15, 0.2) is 6.10 Å². The van der Waals surface area contributed by atoms with Gasteiger partial charge in [0.1, 0.15) is 18.9 Å². The molecule has 0 amide bonds. The predicted molar refractivity (Wildman–Crippen MR) is 106 cm³/mol. The number of rotatable bonds is 6. The second kappa shape index (κ2) is 9.31. The number of nitrogens with zero attached hydrogens (tertiary/aromatic N) is 1. The molecule has 3 N–H and O–H groups in total. The molecular formula is C19H19BrN2O7. The maximum Gasteiger partial charge on any atom is 0.339 e. The Kier molecular flexibility index (Phi) is 6.80. The monoisotopic (exact) mass is 466 g/mol. The fourth-order valence-corrected chi connectivity index (χ4v) is 3.24. The summed E-state index contributed by atoms with van der Waals surface area (Å²) in [6.45, 7) is -0.299. The van der Waals surface area contributed by atoms with E-state index in [4.69, 9.17) is 9.47 Å². The molecule has 1 fully saturated rings. The Morgan fingerprint density at radius 1 is 1.38 bits per heavy atom. The summed E-state index contributed by atoms with van der Waals surface area (Å²) in [5, 5.41) is 20.3. The zero-order valence-electron chi connectivity index (χ0n) is 15.1. The SMILES string of the molecule is O=C(OC[C@@H]1O[C@H](n2cc(C=CBr)c(=O)[nH]c2=O)CC1O)[C@H](O)c1ccccc1. The molecule has 0 bridgehead atoms. The van der Waals surface area contributed by atoms with Gasteiger partial charge in [-0.15, -0.1) is 0 Å². The smallest absolute Gasteiger partial charge is 0.339 e. The van der Waals surface area contributed by atoms with E-state index >= 15 is 0 Å². The van der Waals surface area contributed by atoms with Gasteiger partial charge in [-0.3, -0.25) is 14.3 Å². The van der Waals surface area contributed by atoms with E-state index in [1.54, 1.807) is 30.3 Å². The number of aromatic amines is 1. The van der Waals surface area contributed by atoms with Gasteiger partial charge in [0, 0.05) is 12.6 Å². The third-order valence-corrected chi connectivity index (χ3v) is 4.75.